The second-order valence-electron chi connectivity index (χ2n) is 9.92. The summed E-state index contributed by atoms with van der Waals surface area (Å²) in [7, 11) is 2.08. The summed E-state index contributed by atoms with van der Waals surface area (Å²) in [5.74, 6) is -2.26. The molecule has 0 spiro atoms. The Labute approximate surface area is 218 Å². The van der Waals surface area contributed by atoms with Crippen LogP contribution in [0.4, 0.5) is 10.1 Å². The number of nitrogens with zero attached hydrogens (tertiary/aromatic N) is 1. The molecule has 8 nitrogen and oxygen atoms in total. The average Bonchev–Trinajstić information content (AvgIpc) is 2.91. The van der Waals surface area contributed by atoms with Gasteiger partial charge in [-0.3, -0.25) is 14.4 Å². The highest BCUT2D eigenvalue weighted by molar-refractivity contribution is 5.95. The molecule has 4 atom stereocenters. The van der Waals surface area contributed by atoms with Gasteiger partial charge in [-0.2, -0.15) is 0 Å². The molecule has 0 aliphatic carbocycles. The predicted octanol–water partition coefficient (Wildman–Crippen LogP) is 1.25. The lowest BCUT2D eigenvalue weighted by Gasteiger charge is -2.34. The monoisotopic (exact) mass is 512 g/mol. The van der Waals surface area contributed by atoms with E-state index < -0.39 is 29.7 Å². The van der Waals surface area contributed by atoms with E-state index >= 15 is 4.39 Å². The van der Waals surface area contributed by atoms with Gasteiger partial charge < -0.3 is 26.2 Å². The molecule has 1 saturated heterocycles. The van der Waals surface area contributed by atoms with Crippen molar-refractivity contribution in [1.82, 2.24) is 10.2 Å². The molecule has 0 bridgehead atoms. The van der Waals surface area contributed by atoms with Crippen molar-refractivity contribution in [1.29, 1.82) is 0 Å². The number of hydrogen-bond donors (Lipinski definition) is 4. The normalized spacial score (nSPS) is 17.4. The van der Waals surface area contributed by atoms with E-state index in [1.807, 2.05) is 37.3 Å². The molecule has 0 unspecified atom stereocenters. The van der Waals surface area contributed by atoms with Crippen LogP contribution in [0.1, 0.15) is 50.2 Å². The summed E-state index contributed by atoms with van der Waals surface area (Å²) < 4.78 is 15.1. The molecule has 1 fully saturated rings. The Morgan fingerprint density at radius 3 is 2.27 bits per heavy atom. The molecule has 1 aliphatic heterocycles. The van der Waals surface area contributed by atoms with Crippen molar-refractivity contribution in [2.45, 2.75) is 51.1 Å². The Morgan fingerprint density at radius 1 is 1.03 bits per heavy atom. The third-order valence-corrected chi connectivity index (χ3v) is 7.28. The standard InChI is InChI=1S/C28H38FN5O3/c1-5-24(35)32-26(28(37)34-15-13-33(4)14-16-34)19(3)21-11-12-23(22(29)17-21)31-27(36)25(30)18(2)20-9-7-6-8-10-20/h6-12,17-19,25-26H,5,13-16,30H2,1-4H3,(H,31,36)(H,32,35)/p+1/t18-,19-,25-,26+/m0/s1. The van der Waals surface area contributed by atoms with Crippen LogP contribution in [0, 0.1) is 5.82 Å². The van der Waals surface area contributed by atoms with Crippen molar-refractivity contribution in [3.05, 3.63) is 65.5 Å². The summed E-state index contributed by atoms with van der Waals surface area (Å²) in [5.41, 5.74) is 7.64. The smallest absolute Gasteiger partial charge is 0.246 e. The Bertz CT molecular complexity index is 1090. The van der Waals surface area contributed by atoms with Gasteiger partial charge in [0.2, 0.25) is 17.7 Å². The lowest BCUT2D eigenvalue weighted by atomic mass is 9.91. The maximum atomic E-state index is 15.1. The van der Waals surface area contributed by atoms with Gasteiger partial charge in [0.25, 0.3) is 0 Å². The highest BCUT2D eigenvalue weighted by Gasteiger charge is 2.33. The second kappa shape index (κ2) is 12.8. The van der Waals surface area contributed by atoms with E-state index in [1.165, 1.54) is 17.0 Å². The van der Waals surface area contributed by atoms with Crippen LogP contribution >= 0.6 is 0 Å². The number of carbonyl (C=O) groups is 3. The van der Waals surface area contributed by atoms with Gasteiger partial charge in [-0.05, 0) is 23.3 Å². The lowest BCUT2D eigenvalue weighted by Crippen LogP contribution is -3.12. The van der Waals surface area contributed by atoms with Crippen LogP contribution in [0.15, 0.2) is 48.5 Å². The zero-order chi connectivity index (χ0) is 27.1. The quantitative estimate of drug-likeness (QED) is 0.406. The molecule has 0 saturated carbocycles. The largest absolute Gasteiger partial charge is 0.344 e. The highest BCUT2D eigenvalue weighted by atomic mass is 19.1. The van der Waals surface area contributed by atoms with Crippen molar-refractivity contribution in [3.8, 4) is 0 Å². The van der Waals surface area contributed by atoms with Crippen LogP contribution in [-0.4, -0.2) is 67.9 Å². The molecular weight excluding hydrogens is 473 g/mol. The molecule has 200 valence electrons. The van der Waals surface area contributed by atoms with Crippen LogP contribution < -0.4 is 21.3 Å². The van der Waals surface area contributed by atoms with Crippen LogP contribution in [0.3, 0.4) is 0 Å². The van der Waals surface area contributed by atoms with E-state index in [4.69, 9.17) is 5.73 Å². The molecule has 1 heterocycles. The minimum atomic E-state index is -0.864. The first kappa shape index (κ1) is 28.3. The number of rotatable bonds is 9. The summed E-state index contributed by atoms with van der Waals surface area (Å²) in [6.45, 7) is 8.26. The SMILES string of the molecule is CCC(=O)N[C@@H](C(=O)N1CC[NH+](C)CC1)[C@@H](C)c1ccc(NC(=O)[C@@H](N)[C@@H](C)c2ccccc2)c(F)c1. The first-order chi connectivity index (χ1) is 17.6. The molecule has 37 heavy (non-hydrogen) atoms. The van der Waals surface area contributed by atoms with Crippen LogP contribution in [0.25, 0.3) is 0 Å². The molecule has 3 rings (SSSR count). The lowest BCUT2D eigenvalue weighted by molar-refractivity contribution is -0.883. The molecule has 3 amide bonds. The molecular formula is C28H39FN5O3+. The number of halogens is 1. The number of hydrogen-bond acceptors (Lipinski definition) is 4. The number of nitrogens with one attached hydrogen (secondary N) is 3. The van der Waals surface area contributed by atoms with Crippen molar-refractivity contribution in [2.24, 2.45) is 5.73 Å². The summed E-state index contributed by atoms with van der Waals surface area (Å²) in [4.78, 5) is 41.5. The fraction of sp³-hybridized carbons (Fsp3) is 0.464. The maximum Gasteiger partial charge on any atom is 0.246 e. The average molecular weight is 513 g/mol. The fourth-order valence-corrected chi connectivity index (χ4v) is 4.50. The fourth-order valence-electron chi connectivity index (χ4n) is 4.50. The molecule has 1 aliphatic rings. The zero-order valence-electron chi connectivity index (χ0n) is 22.1. The first-order valence-electron chi connectivity index (χ1n) is 12.9. The van der Waals surface area contributed by atoms with Gasteiger partial charge in [0.15, 0.2) is 0 Å². The third-order valence-electron chi connectivity index (χ3n) is 7.28. The van der Waals surface area contributed by atoms with E-state index in [0.29, 0.717) is 18.7 Å². The van der Waals surface area contributed by atoms with Gasteiger partial charge >= 0.3 is 0 Å². The van der Waals surface area contributed by atoms with Gasteiger partial charge in [0, 0.05) is 18.3 Å². The van der Waals surface area contributed by atoms with Gasteiger partial charge in [0.1, 0.15) is 11.9 Å². The number of likely N-dealkylation sites (N-methyl/N-ethyl adjacent to an activating group) is 1. The zero-order valence-corrected chi connectivity index (χ0v) is 22.1. The van der Waals surface area contributed by atoms with E-state index in [1.54, 1.807) is 24.8 Å². The Balaban J connectivity index is 1.74. The first-order valence-corrected chi connectivity index (χ1v) is 12.9. The van der Waals surface area contributed by atoms with E-state index in [-0.39, 0.29) is 29.8 Å². The van der Waals surface area contributed by atoms with Gasteiger partial charge in [0.05, 0.1) is 45.0 Å². The Morgan fingerprint density at radius 2 is 1.68 bits per heavy atom. The summed E-state index contributed by atoms with van der Waals surface area (Å²) >= 11 is 0. The summed E-state index contributed by atoms with van der Waals surface area (Å²) in [5, 5.41) is 5.43. The molecule has 9 heteroatoms. The molecule has 5 N–H and O–H groups in total. The van der Waals surface area contributed by atoms with Crippen LogP contribution in [-0.2, 0) is 14.4 Å². The van der Waals surface area contributed by atoms with Crippen molar-refractivity contribution >= 4 is 23.4 Å². The molecule has 0 radical (unpaired) electrons. The van der Waals surface area contributed by atoms with E-state index in [0.717, 1.165) is 18.7 Å². The number of nitrogens with two attached hydrogens (primary N) is 1. The second-order valence-corrected chi connectivity index (χ2v) is 9.92. The number of anilines is 1. The van der Waals surface area contributed by atoms with Crippen molar-refractivity contribution in [2.75, 3.05) is 38.5 Å². The summed E-state index contributed by atoms with van der Waals surface area (Å²) in [6, 6.07) is 12.2. The van der Waals surface area contributed by atoms with Crippen LogP contribution in [0.5, 0.6) is 0 Å². The molecule has 2 aromatic rings. The topological polar surface area (TPSA) is 109 Å². The van der Waals surface area contributed by atoms with Gasteiger partial charge in [-0.25, -0.2) is 4.39 Å². The number of amides is 3. The van der Waals surface area contributed by atoms with E-state index in [2.05, 4.69) is 17.7 Å². The Hall–Kier alpha value is -3.30. The molecule has 0 aromatic heterocycles. The minimum absolute atomic E-state index is 0.0131. The van der Waals surface area contributed by atoms with E-state index in [9.17, 15) is 14.4 Å². The van der Waals surface area contributed by atoms with Gasteiger partial charge in [-0.15, -0.1) is 0 Å². The number of piperazine rings is 1. The van der Waals surface area contributed by atoms with Crippen LogP contribution in [0.2, 0.25) is 0 Å². The number of benzene rings is 2. The minimum Gasteiger partial charge on any atom is -0.344 e. The maximum absolute atomic E-state index is 15.1. The summed E-state index contributed by atoms with van der Waals surface area (Å²) in [6.07, 6.45) is 0.240. The number of carbonyl (C=O) groups excluding carboxylic acids is 3. The predicted molar refractivity (Wildman–Crippen MR) is 142 cm³/mol. The van der Waals surface area contributed by atoms with Crippen molar-refractivity contribution < 1.29 is 23.7 Å². The third kappa shape index (κ3) is 7.14. The highest BCUT2D eigenvalue weighted by Crippen LogP contribution is 2.26. The Kier molecular flexibility index (Phi) is 9.77. The van der Waals surface area contributed by atoms with Crippen molar-refractivity contribution in [3.63, 3.8) is 0 Å². The number of quaternary nitrogens is 1. The molecule has 2 aromatic carbocycles. The van der Waals surface area contributed by atoms with Gasteiger partial charge in [-0.1, -0.05) is 57.2 Å².